The third-order valence-electron chi connectivity index (χ3n) is 5.31. The molecule has 2 rings (SSSR count). The van der Waals surface area contributed by atoms with Crippen LogP contribution >= 0.6 is 0 Å². The molecule has 0 fully saturated rings. The van der Waals surface area contributed by atoms with Crippen LogP contribution in [0.25, 0.3) is 0 Å². The minimum Gasteiger partial charge on any atom is -0.367 e. The van der Waals surface area contributed by atoms with Gasteiger partial charge in [-0.25, -0.2) is 0 Å². The molecule has 0 spiro atoms. The average molecular weight is 342 g/mol. The fourth-order valence-electron chi connectivity index (χ4n) is 3.66. The molecule has 1 atom stereocenters. The molecule has 2 heteroatoms. The minimum absolute atomic E-state index is 0.209. The molecule has 1 aromatic carbocycles. The van der Waals surface area contributed by atoms with Gasteiger partial charge in [0.1, 0.15) is 0 Å². The third-order valence-corrected chi connectivity index (χ3v) is 5.31. The first kappa shape index (κ1) is 19.8. The van der Waals surface area contributed by atoms with Crippen LogP contribution in [0.15, 0.2) is 36.4 Å². The molecule has 1 aliphatic rings. The van der Waals surface area contributed by atoms with Crippen molar-refractivity contribution in [2.24, 2.45) is 0 Å². The first-order valence-corrected chi connectivity index (χ1v) is 10.3. The number of carbonyl (C=O) groups is 1. The number of rotatable bonds is 11. The summed E-state index contributed by atoms with van der Waals surface area (Å²) in [5.74, 6) is 0.270. The summed E-state index contributed by atoms with van der Waals surface area (Å²) < 4.78 is 0. The number of carbonyl (C=O) groups excluding carboxylic acids is 1. The van der Waals surface area contributed by atoms with Gasteiger partial charge in [-0.05, 0) is 25.0 Å². The molecule has 1 heterocycles. The maximum absolute atomic E-state index is 12.3. The average Bonchev–Trinajstić information content (AvgIpc) is 2.63. The van der Waals surface area contributed by atoms with E-state index in [9.17, 15) is 4.79 Å². The fraction of sp³-hybridized carbons (Fsp3) is 0.609. The number of hydrogen-bond acceptors (Lipinski definition) is 2. The Morgan fingerprint density at radius 2 is 1.64 bits per heavy atom. The second-order valence-electron chi connectivity index (χ2n) is 7.37. The van der Waals surface area contributed by atoms with Crippen molar-refractivity contribution >= 4 is 11.5 Å². The molecule has 138 valence electrons. The number of benzene rings is 1. The van der Waals surface area contributed by atoms with E-state index in [1.54, 1.807) is 0 Å². The van der Waals surface area contributed by atoms with Gasteiger partial charge in [0, 0.05) is 24.7 Å². The van der Waals surface area contributed by atoms with E-state index in [0.29, 0.717) is 6.42 Å². The molecule has 1 aromatic rings. The van der Waals surface area contributed by atoms with Crippen LogP contribution in [-0.4, -0.2) is 18.9 Å². The van der Waals surface area contributed by atoms with Crippen molar-refractivity contribution in [2.75, 3.05) is 11.9 Å². The zero-order valence-corrected chi connectivity index (χ0v) is 16.2. The van der Waals surface area contributed by atoms with E-state index in [1.807, 2.05) is 24.3 Å². The van der Waals surface area contributed by atoms with Crippen molar-refractivity contribution in [1.29, 1.82) is 0 Å². The number of ketones is 1. The SMILES string of the molecule is CCCCCCCCCCC/C=C/C1CC(=O)c2ccccc2N1C. The fourth-order valence-corrected chi connectivity index (χ4v) is 3.66. The lowest BCUT2D eigenvalue weighted by Gasteiger charge is -2.33. The summed E-state index contributed by atoms with van der Waals surface area (Å²) >= 11 is 0. The smallest absolute Gasteiger partial charge is 0.167 e. The van der Waals surface area contributed by atoms with Crippen molar-refractivity contribution in [2.45, 2.75) is 83.6 Å². The van der Waals surface area contributed by atoms with Gasteiger partial charge in [-0.1, -0.05) is 82.6 Å². The Morgan fingerprint density at radius 1 is 1.00 bits per heavy atom. The molecule has 1 unspecified atom stereocenters. The number of para-hydroxylation sites is 1. The minimum atomic E-state index is 0.209. The van der Waals surface area contributed by atoms with Crippen molar-refractivity contribution in [3.05, 3.63) is 42.0 Å². The van der Waals surface area contributed by atoms with Gasteiger partial charge in [-0.15, -0.1) is 0 Å². The Bertz CT molecular complexity index is 549. The van der Waals surface area contributed by atoms with Crippen LogP contribution in [0.4, 0.5) is 5.69 Å². The van der Waals surface area contributed by atoms with Gasteiger partial charge in [0.15, 0.2) is 5.78 Å². The number of fused-ring (bicyclic) bond motifs is 1. The summed E-state index contributed by atoms with van der Waals surface area (Å²) in [4.78, 5) is 14.5. The van der Waals surface area contributed by atoms with E-state index in [1.165, 1.54) is 57.8 Å². The molecule has 0 saturated carbocycles. The molecule has 0 aromatic heterocycles. The van der Waals surface area contributed by atoms with Crippen molar-refractivity contribution in [1.82, 2.24) is 0 Å². The summed E-state index contributed by atoms with van der Waals surface area (Å²) in [6, 6.07) is 8.16. The highest BCUT2D eigenvalue weighted by Crippen LogP contribution is 2.29. The monoisotopic (exact) mass is 341 g/mol. The summed E-state index contributed by atoms with van der Waals surface area (Å²) in [6.07, 6.45) is 18.6. The summed E-state index contributed by atoms with van der Waals surface area (Å²) in [6.45, 7) is 2.27. The highest BCUT2D eigenvalue weighted by Gasteiger charge is 2.26. The summed E-state index contributed by atoms with van der Waals surface area (Å²) in [7, 11) is 2.10. The van der Waals surface area contributed by atoms with Crippen LogP contribution in [0.1, 0.15) is 87.9 Å². The summed E-state index contributed by atoms with van der Waals surface area (Å²) in [5, 5.41) is 0. The van der Waals surface area contributed by atoms with Gasteiger partial charge < -0.3 is 4.90 Å². The van der Waals surface area contributed by atoms with Gasteiger partial charge in [-0.3, -0.25) is 4.79 Å². The molecule has 2 nitrogen and oxygen atoms in total. The molecule has 0 bridgehead atoms. The van der Waals surface area contributed by atoms with Crippen LogP contribution in [0.3, 0.4) is 0 Å². The van der Waals surface area contributed by atoms with Gasteiger partial charge in [0.05, 0.1) is 6.04 Å². The molecule has 25 heavy (non-hydrogen) atoms. The number of allylic oxidation sites excluding steroid dienone is 1. The first-order chi connectivity index (χ1) is 12.2. The normalized spacial score (nSPS) is 17.3. The largest absolute Gasteiger partial charge is 0.367 e. The van der Waals surface area contributed by atoms with Gasteiger partial charge in [0.25, 0.3) is 0 Å². The van der Waals surface area contributed by atoms with E-state index in [2.05, 4.69) is 31.0 Å². The van der Waals surface area contributed by atoms with Crippen molar-refractivity contribution in [3.63, 3.8) is 0 Å². The van der Waals surface area contributed by atoms with E-state index in [4.69, 9.17) is 0 Å². The van der Waals surface area contributed by atoms with E-state index in [0.717, 1.165) is 17.7 Å². The van der Waals surface area contributed by atoms with Gasteiger partial charge in [-0.2, -0.15) is 0 Å². The molecule has 1 aliphatic heterocycles. The van der Waals surface area contributed by atoms with Crippen LogP contribution in [0, 0.1) is 0 Å². The standard InChI is InChI=1S/C23H35NO/c1-3-4-5-6-7-8-9-10-11-12-13-16-20-19-23(25)21-17-14-15-18-22(21)24(20)2/h13-18,20H,3-12,19H2,1-2H3/b16-13+. The topological polar surface area (TPSA) is 20.3 Å². The van der Waals surface area contributed by atoms with Crippen LogP contribution in [-0.2, 0) is 0 Å². The molecular formula is C23H35NO. The van der Waals surface area contributed by atoms with Crippen molar-refractivity contribution in [3.8, 4) is 0 Å². The molecular weight excluding hydrogens is 306 g/mol. The van der Waals surface area contributed by atoms with E-state index >= 15 is 0 Å². The third kappa shape index (κ3) is 6.34. The second-order valence-corrected chi connectivity index (χ2v) is 7.37. The number of nitrogens with zero attached hydrogens (tertiary/aromatic N) is 1. The Hall–Kier alpha value is -1.57. The van der Waals surface area contributed by atoms with Gasteiger partial charge >= 0.3 is 0 Å². The molecule has 0 saturated heterocycles. The number of Topliss-reactive ketones (excluding diaryl/α,β-unsaturated/α-hetero) is 1. The molecule has 0 radical (unpaired) electrons. The predicted molar refractivity (Wildman–Crippen MR) is 109 cm³/mol. The number of unbranched alkanes of at least 4 members (excludes halogenated alkanes) is 9. The van der Waals surface area contributed by atoms with Crippen LogP contribution in [0.5, 0.6) is 0 Å². The lowest BCUT2D eigenvalue weighted by atomic mass is 9.94. The maximum Gasteiger partial charge on any atom is 0.167 e. The predicted octanol–water partition coefficient (Wildman–Crippen LogP) is 6.55. The Kier molecular flexibility index (Phi) is 8.79. The van der Waals surface area contributed by atoms with Crippen LogP contribution < -0.4 is 4.90 Å². The number of likely N-dealkylation sites (N-methyl/N-ethyl adjacent to an activating group) is 1. The quantitative estimate of drug-likeness (QED) is 0.336. The van der Waals surface area contributed by atoms with Crippen LogP contribution in [0.2, 0.25) is 0 Å². The lowest BCUT2D eigenvalue weighted by Crippen LogP contribution is -2.37. The van der Waals surface area contributed by atoms with E-state index in [-0.39, 0.29) is 11.8 Å². The zero-order valence-electron chi connectivity index (χ0n) is 16.2. The van der Waals surface area contributed by atoms with Crippen molar-refractivity contribution < 1.29 is 4.79 Å². The zero-order chi connectivity index (χ0) is 17.9. The molecule has 0 aliphatic carbocycles. The Morgan fingerprint density at radius 3 is 2.36 bits per heavy atom. The Labute approximate surface area is 154 Å². The van der Waals surface area contributed by atoms with E-state index < -0.39 is 0 Å². The highest BCUT2D eigenvalue weighted by atomic mass is 16.1. The first-order valence-electron chi connectivity index (χ1n) is 10.3. The lowest BCUT2D eigenvalue weighted by molar-refractivity contribution is 0.0973. The number of hydrogen-bond donors (Lipinski definition) is 0. The number of anilines is 1. The maximum atomic E-state index is 12.3. The second kappa shape index (κ2) is 11.1. The molecule has 0 amide bonds. The molecule has 0 N–H and O–H groups in total. The Balaban J connectivity index is 1.62. The highest BCUT2D eigenvalue weighted by molar-refractivity contribution is 6.03. The van der Waals surface area contributed by atoms with Gasteiger partial charge in [0.2, 0.25) is 0 Å². The summed E-state index contributed by atoms with van der Waals surface area (Å²) in [5.41, 5.74) is 1.94.